The highest BCUT2D eigenvalue weighted by atomic mass is 32.2. The number of hydrogen-bond acceptors (Lipinski definition) is 6. The van der Waals surface area contributed by atoms with E-state index in [1.54, 1.807) is 18.9 Å². The summed E-state index contributed by atoms with van der Waals surface area (Å²) in [5.41, 5.74) is 1.63. The Bertz CT molecular complexity index is 700. The van der Waals surface area contributed by atoms with E-state index in [-0.39, 0.29) is 5.56 Å². The van der Waals surface area contributed by atoms with Gasteiger partial charge in [-0.25, -0.2) is 4.98 Å². The third kappa shape index (κ3) is 3.36. The van der Waals surface area contributed by atoms with Gasteiger partial charge in [-0.3, -0.25) is 9.78 Å². The number of fused-ring (bicyclic) bond motifs is 1. The van der Waals surface area contributed by atoms with Crippen molar-refractivity contribution in [3.8, 4) is 11.5 Å². The minimum Gasteiger partial charge on any atom is -0.497 e. The summed E-state index contributed by atoms with van der Waals surface area (Å²) in [6, 6.07) is 7.40. The summed E-state index contributed by atoms with van der Waals surface area (Å²) in [4.78, 5) is 19.0. The summed E-state index contributed by atoms with van der Waals surface area (Å²) < 4.78 is 10.7. The van der Waals surface area contributed by atoms with Crippen LogP contribution in [0.1, 0.15) is 11.3 Å². The number of anilines is 1. The average Bonchev–Trinajstić information content (AvgIpc) is 3.01. The number of nitrogens with zero attached hydrogens (tertiary/aromatic N) is 1. The fraction of sp³-hybridized carbons (Fsp3) is 0.333. The van der Waals surface area contributed by atoms with Crippen LogP contribution in [0.4, 0.5) is 5.95 Å². The van der Waals surface area contributed by atoms with Gasteiger partial charge in [0.1, 0.15) is 18.1 Å². The van der Waals surface area contributed by atoms with Crippen LogP contribution >= 0.6 is 11.8 Å². The number of aromatic nitrogens is 2. The second-order valence-electron chi connectivity index (χ2n) is 4.78. The second kappa shape index (κ2) is 6.74. The number of thioether (sulfide) groups is 1. The minimum absolute atomic E-state index is 0.0476. The van der Waals surface area contributed by atoms with Gasteiger partial charge in [-0.15, -0.1) is 0 Å². The molecule has 0 saturated carbocycles. The molecule has 2 heterocycles. The molecule has 1 aliphatic rings. The van der Waals surface area contributed by atoms with Gasteiger partial charge < -0.3 is 14.8 Å². The summed E-state index contributed by atoms with van der Waals surface area (Å²) in [7, 11) is 1.63. The number of rotatable bonds is 6. The molecule has 1 aliphatic heterocycles. The van der Waals surface area contributed by atoms with Gasteiger partial charge in [0.2, 0.25) is 5.95 Å². The molecule has 0 fully saturated rings. The Labute approximate surface area is 132 Å². The molecule has 3 rings (SSSR count). The van der Waals surface area contributed by atoms with E-state index >= 15 is 0 Å². The van der Waals surface area contributed by atoms with Gasteiger partial charge >= 0.3 is 0 Å². The zero-order chi connectivity index (χ0) is 15.4. The van der Waals surface area contributed by atoms with Crippen LogP contribution in [-0.2, 0) is 11.5 Å². The lowest BCUT2D eigenvalue weighted by molar-refractivity contribution is 0.331. The maximum Gasteiger partial charge on any atom is 0.256 e. The number of nitrogens with one attached hydrogen (secondary N) is 2. The highest BCUT2D eigenvalue weighted by molar-refractivity contribution is 7.98. The van der Waals surface area contributed by atoms with Crippen molar-refractivity contribution in [1.29, 1.82) is 0 Å². The Morgan fingerprint density at radius 2 is 2.05 bits per heavy atom. The van der Waals surface area contributed by atoms with Gasteiger partial charge in [-0.05, 0) is 24.3 Å². The Kier molecular flexibility index (Phi) is 4.53. The standard InChI is InChI=1S/C15H17N3O3S/c1-20-10-2-4-11(5-3-10)21-7-6-16-15-17-13-9-22-8-12(13)14(19)18-15/h2-5H,6-9H2,1H3,(H2,16,17,18,19). The number of methoxy groups -OCH3 is 1. The quantitative estimate of drug-likeness (QED) is 0.793. The van der Waals surface area contributed by atoms with Crippen LogP contribution in [0.25, 0.3) is 0 Å². The van der Waals surface area contributed by atoms with E-state index in [1.807, 2.05) is 24.3 Å². The number of hydrogen-bond donors (Lipinski definition) is 2. The van der Waals surface area contributed by atoms with Gasteiger partial charge in [0, 0.05) is 17.1 Å². The first-order valence-corrected chi connectivity index (χ1v) is 8.12. The second-order valence-corrected chi connectivity index (χ2v) is 5.77. The highest BCUT2D eigenvalue weighted by Crippen LogP contribution is 2.25. The number of H-pyrrole nitrogens is 1. The molecule has 0 amide bonds. The smallest absolute Gasteiger partial charge is 0.256 e. The molecule has 1 aromatic heterocycles. The summed E-state index contributed by atoms with van der Waals surface area (Å²) >= 11 is 1.71. The number of benzene rings is 1. The van der Waals surface area contributed by atoms with E-state index in [1.165, 1.54) is 0 Å². The SMILES string of the molecule is COc1ccc(OCCNc2nc3c(c(=O)[nH]2)CSC3)cc1. The molecule has 0 atom stereocenters. The normalized spacial score (nSPS) is 12.8. The molecule has 0 aliphatic carbocycles. The Morgan fingerprint density at radius 3 is 2.82 bits per heavy atom. The van der Waals surface area contributed by atoms with Crippen LogP contribution < -0.4 is 20.3 Å². The molecule has 1 aromatic carbocycles. The van der Waals surface area contributed by atoms with Crippen molar-refractivity contribution in [3.63, 3.8) is 0 Å². The molecule has 7 heteroatoms. The monoisotopic (exact) mass is 319 g/mol. The lowest BCUT2D eigenvalue weighted by atomic mass is 10.3. The molecule has 2 N–H and O–H groups in total. The van der Waals surface area contributed by atoms with Crippen LogP contribution in [-0.4, -0.2) is 30.2 Å². The summed E-state index contributed by atoms with van der Waals surface area (Å²) in [5, 5.41) is 3.08. The molecule has 0 unspecified atom stereocenters. The molecule has 0 spiro atoms. The van der Waals surface area contributed by atoms with Crippen molar-refractivity contribution in [3.05, 3.63) is 45.9 Å². The van der Waals surface area contributed by atoms with E-state index in [9.17, 15) is 4.79 Å². The topological polar surface area (TPSA) is 76.2 Å². The zero-order valence-corrected chi connectivity index (χ0v) is 13.0. The van der Waals surface area contributed by atoms with Gasteiger partial charge in [0.15, 0.2) is 0 Å². The van der Waals surface area contributed by atoms with Gasteiger partial charge in [-0.1, -0.05) is 0 Å². The van der Waals surface area contributed by atoms with E-state index in [0.717, 1.165) is 34.3 Å². The molecule has 0 bridgehead atoms. The van der Waals surface area contributed by atoms with Gasteiger partial charge in [0.05, 0.1) is 19.3 Å². The Morgan fingerprint density at radius 1 is 1.27 bits per heavy atom. The van der Waals surface area contributed by atoms with Crippen LogP contribution in [0, 0.1) is 0 Å². The fourth-order valence-corrected chi connectivity index (χ4v) is 3.19. The van der Waals surface area contributed by atoms with Gasteiger partial charge in [0.25, 0.3) is 5.56 Å². The lowest BCUT2D eigenvalue weighted by Crippen LogP contribution is -2.20. The Balaban J connectivity index is 1.51. The Hall–Kier alpha value is -2.15. The van der Waals surface area contributed by atoms with Crippen molar-refractivity contribution in [1.82, 2.24) is 9.97 Å². The van der Waals surface area contributed by atoms with Crippen LogP contribution in [0.15, 0.2) is 29.1 Å². The van der Waals surface area contributed by atoms with Crippen molar-refractivity contribution in [2.45, 2.75) is 11.5 Å². The lowest BCUT2D eigenvalue weighted by Gasteiger charge is -2.09. The molecule has 6 nitrogen and oxygen atoms in total. The summed E-state index contributed by atoms with van der Waals surface area (Å²) in [6.07, 6.45) is 0. The van der Waals surface area contributed by atoms with Crippen molar-refractivity contribution in [2.75, 3.05) is 25.6 Å². The molecule has 0 radical (unpaired) electrons. The first-order valence-electron chi connectivity index (χ1n) is 6.97. The van der Waals surface area contributed by atoms with Crippen LogP contribution in [0.5, 0.6) is 11.5 Å². The predicted octanol–water partition coefficient (Wildman–Crippen LogP) is 2.02. The largest absolute Gasteiger partial charge is 0.497 e. The third-order valence-electron chi connectivity index (χ3n) is 3.31. The van der Waals surface area contributed by atoms with E-state index in [2.05, 4.69) is 15.3 Å². The third-order valence-corrected chi connectivity index (χ3v) is 4.28. The first-order chi connectivity index (χ1) is 10.8. The molecule has 0 saturated heterocycles. The van der Waals surface area contributed by atoms with E-state index < -0.39 is 0 Å². The highest BCUT2D eigenvalue weighted by Gasteiger charge is 2.17. The molecular weight excluding hydrogens is 302 g/mol. The number of ether oxygens (including phenoxy) is 2. The molecule has 22 heavy (non-hydrogen) atoms. The van der Waals surface area contributed by atoms with E-state index in [0.29, 0.717) is 19.1 Å². The minimum atomic E-state index is -0.0476. The fourth-order valence-electron chi connectivity index (χ4n) is 2.16. The predicted molar refractivity (Wildman–Crippen MR) is 86.8 cm³/mol. The van der Waals surface area contributed by atoms with Crippen LogP contribution in [0.2, 0.25) is 0 Å². The van der Waals surface area contributed by atoms with Crippen LogP contribution in [0.3, 0.4) is 0 Å². The average molecular weight is 319 g/mol. The van der Waals surface area contributed by atoms with Crippen molar-refractivity contribution in [2.24, 2.45) is 0 Å². The summed E-state index contributed by atoms with van der Waals surface area (Å²) in [6.45, 7) is 1.03. The number of aromatic amines is 1. The zero-order valence-electron chi connectivity index (χ0n) is 12.2. The van der Waals surface area contributed by atoms with Crippen molar-refractivity contribution >= 4 is 17.7 Å². The first kappa shape index (κ1) is 14.8. The molecular formula is C15H17N3O3S. The van der Waals surface area contributed by atoms with Gasteiger partial charge in [-0.2, -0.15) is 11.8 Å². The maximum atomic E-state index is 11.9. The molecule has 116 valence electrons. The van der Waals surface area contributed by atoms with Crippen molar-refractivity contribution < 1.29 is 9.47 Å². The van der Waals surface area contributed by atoms with E-state index in [4.69, 9.17) is 9.47 Å². The maximum absolute atomic E-state index is 11.9. The molecule has 2 aromatic rings. The summed E-state index contributed by atoms with van der Waals surface area (Å²) in [5.74, 6) is 3.62.